The highest BCUT2D eigenvalue weighted by atomic mass is 16.6. The van der Waals surface area contributed by atoms with Crippen LogP contribution in [0, 0.1) is 0 Å². The zero-order valence-electron chi connectivity index (χ0n) is 31.7. The van der Waals surface area contributed by atoms with Crippen LogP contribution in [0.5, 0.6) is 0 Å². The third-order valence-corrected chi connectivity index (χ3v) is 9.67. The number of hydrogen-bond acceptors (Lipinski definition) is 6. The van der Waals surface area contributed by atoms with Gasteiger partial charge in [0.2, 0.25) is 0 Å². The first-order valence-corrected chi connectivity index (χ1v) is 20.9. The van der Waals surface area contributed by atoms with Crippen molar-refractivity contribution in [3.8, 4) is 0 Å². The molecule has 0 bridgehead atoms. The Morgan fingerprint density at radius 1 is 0.542 bits per heavy atom. The molecule has 1 rings (SSSR count). The van der Waals surface area contributed by atoms with E-state index >= 15 is 0 Å². The molecule has 0 aromatic carbocycles. The molecule has 0 aliphatic carbocycles. The lowest BCUT2D eigenvalue weighted by Crippen LogP contribution is -2.25. The molecule has 1 aliphatic heterocycles. The van der Waals surface area contributed by atoms with Crippen LogP contribution in [0.25, 0.3) is 0 Å². The lowest BCUT2D eigenvalue weighted by Gasteiger charge is -2.12. The molecule has 6 nitrogen and oxygen atoms in total. The van der Waals surface area contributed by atoms with Gasteiger partial charge in [0.05, 0.1) is 12.2 Å². The summed E-state index contributed by atoms with van der Waals surface area (Å²) in [6, 6.07) is 0. The number of carbonyl (C=O) groups excluding carboxylic acids is 2. The number of ether oxygens (including phenoxy) is 3. The molecule has 0 aromatic heterocycles. The van der Waals surface area contributed by atoms with Crippen molar-refractivity contribution in [2.45, 2.75) is 231 Å². The van der Waals surface area contributed by atoms with Crippen molar-refractivity contribution < 1.29 is 28.9 Å². The summed E-state index contributed by atoms with van der Waals surface area (Å²) in [5.41, 5.74) is 0. The van der Waals surface area contributed by atoms with Crippen LogP contribution in [0.2, 0.25) is 0 Å². The molecule has 0 radical (unpaired) electrons. The van der Waals surface area contributed by atoms with E-state index in [1.165, 1.54) is 135 Å². The number of rotatable bonds is 37. The quantitative estimate of drug-likeness (QED) is 0.0305. The summed E-state index contributed by atoms with van der Waals surface area (Å²) < 4.78 is 16.1. The Kier molecular flexibility index (Phi) is 31.7. The van der Waals surface area contributed by atoms with Crippen molar-refractivity contribution in [1.29, 1.82) is 0 Å². The minimum atomic E-state index is -0.968. The minimum Gasteiger partial charge on any atom is -0.463 e. The summed E-state index contributed by atoms with van der Waals surface area (Å²) in [5.74, 6) is -0.576. The first-order valence-electron chi connectivity index (χ1n) is 20.9. The Labute approximate surface area is 296 Å². The van der Waals surface area contributed by atoms with E-state index in [-0.39, 0.29) is 25.2 Å². The Morgan fingerprint density at radius 2 is 0.938 bits per heavy atom. The zero-order valence-corrected chi connectivity index (χ0v) is 31.7. The summed E-state index contributed by atoms with van der Waals surface area (Å²) in [5, 5.41) is 10.0. The maximum Gasteiger partial charge on any atom is 0.305 e. The minimum absolute atomic E-state index is 0.118. The highest BCUT2D eigenvalue weighted by Crippen LogP contribution is 2.30. The monoisotopic (exact) mass is 679 g/mol. The predicted octanol–water partition coefficient (Wildman–Crippen LogP) is 11.9. The Hall–Kier alpha value is -1.40. The van der Waals surface area contributed by atoms with Gasteiger partial charge in [0.25, 0.3) is 0 Å². The van der Waals surface area contributed by atoms with Crippen LogP contribution in [0.4, 0.5) is 0 Å². The van der Waals surface area contributed by atoms with Gasteiger partial charge in [-0.1, -0.05) is 174 Å². The standard InChI is InChI=1S/C42H78O6/c1-3-5-7-8-9-10-11-12-13-14-15-16-17-18-19-23-26-30-34-41(44)46-36-38(43)37-47-42(45)35-31-27-24-21-20-22-25-29-33-40-39(48-40)32-28-6-4-2/h25,29,38-40,43H,3-24,26-28,30-37H2,1-2H3/b29-25-/t38-,39?,40?/m1/s1. The van der Waals surface area contributed by atoms with Crippen molar-refractivity contribution in [3.63, 3.8) is 0 Å². The summed E-state index contributed by atoms with van der Waals surface area (Å²) >= 11 is 0. The number of epoxide rings is 1. The summed E-state index contributed by atoms with van der Waals surface area (Å²) in [6.07, 6.45) is 41.6. The van der Waals surface area contributed by atoms with E-state index < -0.39 is 6.10 Å². The molecule has 282 valence electrons. The average molecular weight is 679 g/mol. The van der Waals surface area contributed by atoms with Crippen molar-refractivity contribution in [3.05, 3.63) is 12.2 Å². The van der Waals surface area contributed by atoms with E-state index in [1.54, 1.807) is 0 Å². The van der Waals surface area contributed by atoms with Crippen molar-refractivity contribution in [2.75, 3.05) is 13.2 Å². The van der Waals surface area contributed by atoms with Gasteiger partial charge < -0.3 is 19.3 Å². The molecule has 3 atom stereocenters. The van der Waals surface area contributed by atoms with E-state index in [1.807, 2.05) is 0 Å². The average Bonchev–Trinajstić information content (AvgIpc) is 3.84. The molecular formula is C42H78O6. The molecule has 1 N–H and O–H groups in total. The van der Waals surface area contributed by atoms with Gasteiger partial charge in [-0.15, -0.1) is 0 Å². The normalized spacial score (nSPS) is 16.4. The van der Waals surface area contributed by atoms with Crippen LogP contribution in [-0.4, -0.2) is 48.6 Å². The third kappa shape index (κ3) is 30.6. The second-order valence-electron chi connectivity index (χ2n) is 14.5. The van der Waals surface area contributed by atoms with Gasteiger partial charge in [-0.25, -0.2) is 0 Å². The van der Waals surface area contributed by atoms with Gasteiger partial charge in [0.1, 0.15) is 19.3 Å². The largest absolute Gasteiger partial charge is 0.463 e. The van der Waals surface area contributed by atoms with Crippen LogP contribution >= 0.6 is 0 Å². The predicted molar refractivity (Wildman–Crippen MR) is 200 cm³/mol. The molecular weight excluding hydrogens is 600 g/mol. The fourth-order valence-electron chi connectivity index (χ4n) is 6.39. The first kappa shape index (κ1) is 44.6. The number of aliphatic hydroxyl groups excluding tert-OH is 1. The third-order valence-electron chi connectivity index (χ3n) is 9.67. The maximum absolute atomic E-state index is 12.0. The molecule has 1 saturated heterocycles. The molecule has 0 saturated carbocycles. The molecule has 1 fully saturated rings. The van der Waals surface area contributed by atoms with Gasteiger partial charge >= 0.3 is 11.9 Å². The second kappa shape index (κ2) is 34.1. The number of esters is 2. The van der Waals surface area contributed by atoms with Crippen molar-refractivity contribution in [1.82, 2.24) is 0 Å². The maximum atomic E-state index is 12.0. The van der Waals surface area contributed by atoms with Gasteiger partial charge in [0.15, 0.2) is 0 Å². The van der Waals surface area contributed by atoms with E-state index in [0.29, 0.717) is 25.0 Å². The summed E-state index contributed by atoms with van der Waals surface area (Å²) in [7, 11) is 0. The smallest absolute Gasteiger partial charge is 0.305 e. The second-order valence-corrected chi connectivity index (χ2v) is 14.5. The van der Waals surface area contributed by atoms with Gasteiger partial charge in [-0.05, 0) is 38.5 Å². The topological polar surface area (TPSA) is 85.4 Å². The van der Waals surface area contributed by atoms with E-state index in [4.69, 9.17) is 14.2 Å². The molecule has 0 aromatic rings. The molecule has 1 heterocycles. The fourth-order valence-corrected chi connectivity index (χ4v) is 6.39. The van der Waals surface area contributed by atoms with Crippen LogP contribution in [0.15, 0.2) is 12.2 Å². The Balaban J connectivity index is 1.78. The van der Waals surface area contributed by atoms with E-state index in [2.05, 4.69) is 26.0 Å². The van der Waals surface area contributed by atoms with E-state index in [9.17, 15) is 14.7 Å². The number of unbranched alkanes of at least 4 members (excludes halogenated alkanes) is 24. The van der Waals surface area contributed by atoms with Crippen LogP contribution in [0.3, 0.4) is 0 Å². The van der Waals surface area contributed by atoms with Gasteiger partial charge in [-0.2, -0.15) is 0 Å². The number of hydrogen-bond donors (Lipinski definition) is 1. The van der Waals surface area contributed by atoms with Crippen LogP contribution < -0.4 is 0 Å². The van der Waals surface area contributed by atoms with Crippen LogP contribution in [0.1, 0.15) is 213 Å². The number of allylic oxidation sites excluding steroid dienone is 1. The first-order chi connectivity index (χ1) is 23.6. The molecule has 6 heteroatoms. The summed E-state index contributed by atoms with van der Waals surface area (Å²) in [6.45, 7) is 4.28. The van der Waals surface area contributed by atoms with Crippen molar-refractivity contribution >= 4 is 11.9 Å². The zero-order chi connectivity index (χ0) is 34.8. The fraction of sp³-hybridized carbons (Fsp3) is 0.905. The lowest BCUT2D eigenvalue weighted by atomic mass is 10.0. The van der Waals surface area contributed by atoms with Crippen molar-refractivity contribution in [2.24, 2.45) is 0 Å². The highest BCUT2D eigenvalue weighted by Gasteiger charge is 2.36. The van der Waals surface area contributed by atoms with Gasteiger partial charge in [0, 0.05) is 12.8 Å². The summed E-state index contributed by atoms with van der Waals surface area (Å²) in [4.78, 5) is 24.0. The van der Waals surface area contributed by atoms with Gasteiger partial charge in [-0.3, -0.25) is 9.59 Å². The molecule has 0 amide bonds. The Bertz CT molecular complexity index is 752. The molecule has 2 unspecified atom stereocenters. The Morgan fingerprint density at radius 3 is 1.40 bits per heavy atom. The SMILES string of the molecule is CCCCCCCCCCCCCCCCCCCCC(=O)OC[C@@H](O)COC(=O)CCCCCCC/C=C\CC1OC1CCCCC. The van der Waals surface area contributed by atoms with E-state index in [0.717, 1.165) is 51.4 Å². The number of aliphatic hydroxyl groups is 1. The molecule has 0 spiro atoms. The lowest BCUT2D eigenvalue weighted by molar-refractivity contribution is -0.152. The molecule has 1 aliphatic rings. The highest BCUT2D eigenvalue weighted by molar-refractivity contribution is 5.69. The number of carbonyl (C=O) groups is 2. The van der Waals surface area contributed by atoms with Crippen LogP contribution in [-0.2, 0) is 23.8 Å². The molecule has 48 heavy (non-hydrogen) atoms.